The second-order valence-electron chi connectivity index (χ2n) is 6.44. The fourth-order valence-electron chi connectivity index (χ4n) is 3.81. The number of amides is 1. The molecule has 112 valence electrons. The first-order valence-corrected chi connectivity index (χ1v) is 8.11. The first kappa shape index (κ1) is 14.3. The molecule has 2 fully saturated rings. The van der Waals surface area contributed by atoms with Crippen LogP contribution < -0.4 is 5.32 Å². The van der Waals surface area contributed by atoms with Crippen LogP contribution in [-0.4, -0.2) is 11.7 Å². The van der Waals surface area contributed by atoms with Crippen LogP contribution in [0, 0.1) is 17.8 Å². The minimum atomic E-state index is 0.00304. The molecule has 1 amide bonds. The molecule has 3 nitrogen and oxygen atoms in total. The highest BCUT2D eigenvalue weighted by atomic mass is 16.2. The highest BCUT2D eigenvalue weighted by Crippen LogP contribution is 2.40. The van der Waals surface area contributed by atoms with Gasteiger partial charge in [-0.05, 0) is 49.8 Å². The normalized spacial score (nSPS) is 28.2. The number of benzene rings is 1. The van der Waals surface area contributed by atoms with E-state index >= 15 is 0 Å². The lowest BCUT2D eigenvalue weighted by Crippen LogP contribution is -2.40. The van der Waals surface area contributed by atoms with Crippen molar-refractivity contribution in [2.45, 2.75) is 45.4 Å². The Morgan fingerprint density at radius 1 is 1.24 bits per heavy atom. The molecule has 0 radical (unpaired) electrons. The Morgan fingerprint density at radius 2 is 1.95 bits per heavy atom. The van der Waals surface area contributed by atoms with Crippen LogP contribution in [0.1, 0.15) is 44.6 Å². The third-order valence-electron chi connectivity index (χ3n) is 5.02. The molecular formula is C18H23NO2. The zero-order chi connectivity index (χ0) is 14.8. The fourth-order valence-corrected chi connectivity index (χ4v) is 3.81. The molecule has 2 aliphatic carbocycles. The lowest BCUT2D eigenvalue weighted by atomic mass is 9.67. The summed E-state index contributed by atoms with van der Waals surface area (Å²) in [5, 5.41) is 3.04. The van der Waals surface area contributed by atoms with Crippen molar-refractivity contribution >= 4 is 17.4 Å². The molecule has 0 aromatic heterocycles. The van der Waals surface area contributed by atoms with Gasteiger partial charge in [0.05, 0.1) is 0 Å². The van der Waals surface area contributed by atoms with Gasteiger partial charge in [0.15, 0.2) is 0 Å². The Labute approximate surface area is 126 Å². The summed E-state index contributed by atoms with van der Waals surface area (Å²) in [7, 11) is 0. The number of carbonyl (C=O) groups is 2. The molecule has 1 aromatic rings. The summed E-state index contributed by atoms with van der Waals surface area (Å²) >= 11 is 0. The third kappa shape index (κ3) is 3.02. The largest absolute Gasteiger partial charge is 0.326 e. The topological polar surface area (TPSA) is 46.2 Å². The van der Waals surface area contributed by atoms with E-state index in [1.54, 1.807) is 0 Å². The van der Waals surface area contributed by atoms with Gasteiger partial charge in [0.2, 0.25) is 5.91 Å². The number of rotatable bonds is 3. The van der Waals surface area contributed by atoms with E-state index < -0.39 is 0 Å². The zero-order valence-electron chi connectivity index (χ0n) is 12.6. The number of nitrogens with one attached hydrogen (secondary N) is 1. The number of Topliss-reactive ketones (excluding diaryl/α,β-unsaturated/α-hetero) is 1. The van der Waals surface area contributed by atoms with Gasteiger partial charge in [-0.15, -0.1) is 0 Å². The van der Waals surface area contributed by atoms with E-state index in [-0.39, 0.29) is 23.7 Å². The number of anilines is 1. The van der Waals surface area contributed by atoms with Crippen molar-refractivity contribution in [1.29, 1.82) is 0 Å². The fraction of sp³-hybridized carbons (Fsp3) is 0.556. The second-order valence-corrected chi connectivity index (χ2v) is 6.44. The van der Waals surface area contributed by atoms with Crippen LogP contribution in [0.25, 0.3) is 0 Å². The number of carbonyl (C=O) groups excluding carboxylic acids is 2. The zero-order valence-corrected chi connectivity index (χ0v) is 12.6. The quantitative estimate of drug-likeness (QED) is 0.922. The van der Waals surface area contributed by atoms with Crippen LogP contribution in [0.15, 0.2) is 24.3 Å². The van der Waals surface area contributed by atoms with Crippen molar-refractivity contribution in [3.63, 3.8) is 0 Å². The SMILES string of the molecule is CCc1cccc(NC(=O)C2C[C@H]3CCC[C@@H](C2)C3=O)c1. The molecule has 3 heteroatoms. The average molecular weight is 285 g/mol. The molecule has 0 heterocycles. The monoisotopic (exact) mass is 285 g/mol. The highest BCUT2D eigenvalue weighted by molar-refractivity contribution is 5.95. The van der Waals surface area contributed by atoms with Gasteiger partial charge in [-0.3, -0.25) is 9.59 Å². The van der Waals surface area contributed by atoms with Crippen molar-refractivity contribution in [2.75, 3.05) is 5.32 Å². The van der Waals surface area contributed by atoms with Crippen molar-refractivity contribution in [3.8, 4) is 0 Å². The second kappa shape index (κ2) is 6.00. The smallest absolute Gasteiger partial charge is 0.227 e. The molecule has 1 N–H and O–H groups in total. The van der Waals surface area contributed by atoms with Gasteiger partial charge in [0.1, 0.15) is 5.78 Å². The molecule has 2 bridgehead atoms. The van der Waals surface area contributed by atoms with Crippen LogP contribution in [0.5, 0.6) is 0 Å². The third-order valence-corrected chi connectivity index (χ3v) is 5.02. The molecule has 2 aliphatic rings. The molecule has 0 spiro atoms. The summed E-state index contributed by atoms with van der Waals surface area (Å²) in [6, 6.07) is 8.02. The van der Waals surface area contributed by atoms with Gasteiger partial charge < -0.3 is 5.32 Å². The Morgan fingerprint density at radius 3 is 2.62 bits per heavy atom. The maximum atomic E-state index is 12.5. The number of fused-ring (bicyclic) bond motifs is 2. The van der Waals surface area contributed by atoms with Gasteiger partial charge >= 0.3 is 0 Å². The van der Waals surface area contributed by atoms with E-state index in [0.717, 1.165) is 44.2 Å². The maximum Gasteiger partial charge on any atom is 0.227 e. The van der Waals surface area contributed by atoms with Crippen molar-refractivity contribution in [1.82, 2.24) is 0 Å². The standard InChI is InChI=1S/C18H23NO2/c1-2-12-5-3-8-16(9-12)19-18(21)15-10-13-6-4-7-14(11-15)17(13)20/h3,5,8-9,13-15H,2,4,6-7,10-11H2,1H3,(H,19,21)/t13-,14+,15?. The average Bonchev–Trinajstić information content (AvgIpc) is 2.47. The number of hydrogen-bond donors (Lipinski definition) is 1. The van der Waals surface area contributed by atoms with Gasteiger partial charge in [0, 0.05) is 23.4 Å². The molecule has 0 saturated heterocycles. The van der Waals surface area contributed by atoms with E-state index in [2.05, 4.69) is 18.3 Å². The summed E-state index contributed by atoms with van der Waals surface area (Å²) in [5.41, 5.74) is 2.10. The van der Waals surface area contributed by atoms with Gasteiger partial charge in [0.25, 0.3) is 0 Å². The maximum absolute atomic E-state index is 12.5. The van der Waals surface area contributed by atoms with Crippen LogP contribution in [-0.2, 0) is 16.0 Å². The van der Waals surface area contributed by atoms with E-state index in [0.29, 0.717) is 5.78 Å². The van der Waals surface area contributed by atoms with Gasteiger partial charge in [-0.1, -0.05) is 25.5 Å². The Hall–Kier alpha value is -1.64. The molecule has 2 saturated carbocycles. The van der Waals surface area contributed by atoms with E-state index in [1.165, 1.54) is 5.56 Å². The Balaban J connectivity index is 1.67. The van der Waals surface area contributed by atoms with Crippen LogP contribution in [0.4, 0.5) is 5.69 Å². The minimum absolute atomic E-state index is 0.00304. The predicted molar refractivity (Wildman–Crippen MR) is 83.0 cm³/mol. The van der Waals surface area contributed by atoms with Gasteiger partial charge in [-0.2, -0.15) is 0 Å². The van der Waals surface area contributed by atoms with Crippen LogP contribution in [0.2, 0.25) is 0 Å². The first-order chi connectivity index (χ1) is 10.2. The van der Waals surface area contributed by atoms with Crippen molar-refractivity contribution in [3.05, 3.63) is 29.8 Å². The number of ketones is 1. The van der Waals surface area contributed by atoms with E-state index in [4.69, 9.17) is 0 Å². The van der Waals surface area contributed by atoms with Crippen LogP contribution in [0.3, 0.4) is 0 Å². The predicted octanol–water partition coefficient (Wildman–Crippen LogP) is 3.58. The van der Waals surface area contributed by atoms with Crippen LogP contribution >= 0.6 is 0 Å². The Kier molecular flexibility index (Phi) is 4.09. The molecular weight excluding hydrogens is 262 g/mol. The summed E-state index contributed by atoms with van der Waals surface area (Å²) in [6.45, 7) is 2.11. The minimum Gasteiger partial charge on any atom is -0.326 e. The van der Waals surface area contributed by atoms with E-state index in [9.17, 15) is 9.59 Å². The molecule has 3 rings (SSSR count). The first-order valence-electron chi connectivity index (χ1n) is 8.11. The number of aryl methyl sites for hydroxylation is 1. The molecule has 1 unspecified atom stereocenters. The lowest BCUT2D eigenvalue weighted by Gasteiger charge is -2.36. The van der Waals surface area contributed by atoms with Gasteiger partial charge in [-0.25, -0.2) is 0 Å². The van der Waals surface area contributed by atoms with Crippen molar-refractivity contribution < 1.29 is 9.59 Å². The summed E-state index contributed by atoms with van der Waals surface area (Å²) < 4.78 is 0. The molecule has 3 atom stereocenters. The highest BCUT2D eigenvalue weighted by Gasteiger charge is 2.41. The van der Waals surface area contributed by atoms with E-state index in [1.807, 2.05) is 18.2 Å². The van der Waals surface area contributed by atoms with Crippen molar-refractivity contribution in [2.24, 2.45) is 17.8 Å². The number of hydrogen-bond acceptors (Lipinski definition) is 2. The summed E-state index contributed by atoms with van der Waals surface area (Å²) in [4.78, 5) is 24.6. The molecule has 21 heavy (non-hydrogen) atoms. The summed E-state index contributed by atoms with van der Waals surface area (Å²) in [5.74, 6) is 0.777. The lowest BCUT2D eigenvalue weighted by molar-refractivity contribution is -0.136. The Bertz CT molecular complexity index is 536. The molecule has 0 aliphatic heterocycles. The summed E-state index contributed by atoms with van der Waals surface area (Å²) in [6.07, 6.45) is 5.55. The molecule has 1 aromatic carbocycles.